The molecule has 2 aromatic rings. The number of nitrogens with two attached hydrogens (primary N) is 1. The Morgan fingerprint density at radius 3 is 2.86 bits per heavy atom. The van der Waals surface area contributed by atoms with Crippen LogP contribution in [0.3, 0.4) is 0 Å². The van der Waals surface area contributed by atoms with E-state index >= 15 is 0 Å². The zero-order valence-corrected chi connectivity index (χ0v) is 12.2. The van der Waals surface area contributed by atoms with Gasteiger partial charge in [0.25, 0.3) is 0 Å². The lowest BCUT2D eigenvalue weighted by molar-refractivity contribution is 0.249. The fraction of sp³-hybridized carbons (Fsp3) is 0.125. The van der Waals surface area contributed by atoms with Gasteiger partial charge in [0.15, 0.2) is 0 Å². The lowest BCUT2D eigenvalue weighted by Crippen LogP contribution is -2.24. The van der Waals surface area contributed by atoms with Crippen molar-refractivity contribution in [1.82, 2.24) is 5.43 Å². The maximum absolute atomic E-state index is 10.6. The third-order valence-electron chi connectivity index (χ3n) is 2.83. The number of methoxy groups -OCH3 is 1. The Balaban J connectivity index is 2.06. The summed E-state index contributed by atoms with van der Waals surface area (Å²) in [5, 5.41) is 3.73. The highest BCUT2D eigenvalue weighted by Crippen LogP contribution is 2.19. The predicted octanol–water partition coefficient (Wildman–Crippen LogP) is 2.28. The predicted molar refractivity (Wildman–Crippen MR) is 84.1 cm³/mol. The van der Waals surface area contributed by atoms with E-state index in [9.17, 15) is 4.79 Å². The van der Waals surface area contributed by atoms with Crippen molar-refractivity contribution < 1.29 is 14.3 Å². The van der Waals surface area contributed by atoms with Crippen LogP contribution in [0.25, 0.3) is 0 Å². The molecule has 0 aliphatic heterocycles. The molecule has 114 valence electrons. The topological polar surface area (TPSA) is 85.9 Å². The molecule has 2 rings (SSSR count). The monoisotopic (exact) mass is 299 g/mol. The summed E-state index contributed by atoms with van der Waals surface area (Å²) in [6.45, 7) is 0.394. The van der Waals surface area contributed by atoms with Crippen LogP contribution in [0.1, 0.15) is 11.1 Å². The molecular formula is C16H17N3O3. The smallest absolute Gasteiger partial charge is 0.332 e. The first kappa shape index (κ1) is 15.4. The first-order chi connectivity index (χ1) is 10.7. The third kappa shape index (κ3) is 4.52. The minimum atomic E-state index is -0.717. The van der Waals surface area contributed by atoms with Gasteiger partial charge in [-0.3, -0.25) is 0 Å². The summed E-state index contributed by atoms with van der Waals surface area (Å²) >= 11 is 0. The highest BCUT2D eigenvalue weighted by Gasteiger charge is 2.02. The Bertz CT molecular complexity index is 671. The third-order valence-corrected chi connectivity index (χ3v) is 2.83. The van der Waals surface area contributed by atoms with Crippen molar-refractivity contribution in [3.63, 3.8) is 0 Å². The molecule has 0 saturated carbocycles. The quantitative estimate of drug-likeness (QED) is 0.633. The minimum Gasteiger partial charge on any atom is -0.497 e. The minimum absolute atomic E-state index is 0.394. The fourth-order valence-corrected chi connectivity index (χ4v) is 1.81. The van der Waals surface area contributed by atoms with Gasteiger partial charge < -0.3 is 15.2 Å². The zero-order chi connectivity index (χ0) is 15.8. The molecule has 0 aliphatic rings. The number of rotatable bonds is 6. The molecule has 3 N–H and O–H groups in total. The standard InChI is InChI=1S/C16H17N3O3/c1-21-14-7-4-5-12(9-14)11-22-15-8-3-2-6-13(15)10-18-19-16(17)20/h2-10H,11H2,1H3,(H3,17,19,20). The van der Waals surface area contributed by atoms with Crippen LogP contribution in [-0.4, -0.2) is 19.4 Å². The van der Waals surface area contributed by atoms with Crippen molar-refractivity contribution >= 4 is 12.2 Å². The van der Waals surface area contributed by atoms with Crippen molar-refractivity contribution in [3.05, 3.63) is 59.7 Å². The molecule has 0 aromatic heterocycles. The number of primary amides is 1. The van der Waals surface area contributed by atoms with E-state index in [1.165, 1.54) is 6.21 Å². The summed E-state index contributed by atoms with van der Waals surface area (Å²) in [5.74, 6) is 1.43. The number of ether oxygens (including phenoxy) is 2. The summed E-state index contributed by atoms with van der Waals surface area (Å²) in [7, 11) is 1.62. The van der Waals surface area contributed by atoms with Gasteiger partial charge in [-0.2, -0.15) is 5.10 Å². The summed E-state index contributed by atoms with van der Waals surface area (Å²) in [5.41, 5.74) is 8.82. The molecule has 0 bridgehead atoms. The van der Waals surface area contributed by atoms with Crippen LogP contribution in [0.5, 0.6) is 11.5 Å². The van der Waals surface area contributed by atoms with Gasteiger partial charge in [-0.25, -0.2) is 10.2 Å². The van der Waals surface area contributed by atoms with Crippen LogP contribution in [0, 0.1) is 0 Å². The number of hydrogen-bond donors (Lipinski definition) is 2. The summed E-state index contributed by atoms with van der Waals surface area (Å²) in [6, 6.07) is 14.3. The zero-order valence-electron chi connectivity index (χ0n) is 12.2. The molecule has 6 heteroatoms. The van der Waals surface area contributed by atoms with E-state index in [-0.39, 0.29) is 0 Å². The molecule has 22 heavy (non-hydrogen) atoms. The Labute approximate surface area is 128 Å². The second kappa shape index (κ2) is 7.68. The highest BCUT2D eigenvalue weighted by molar-refractivity contribution is 5.84. The van der Waals surface area contributed by atoms with Crippen molar-refractivity contribution in [2.75, 3.05) is 7.11 Å². The number of benzene rings is 2. The maximum Gasteiger partial charge on any atom is 0.332 e. The molecule has 0 aliphatic carbocycles. The molecule has 0 atom stereocenters. The van der Waals surface area contributed by atoms with Crippen molar-refractivity contribution in [2.24, 2.45) is 10.8 Å². The Hall–Kier alpha value is -3.02. The number of nitrogens with one attached hydrogen (secondary N) is 1. The molecule has 0 fully saturated rings. The molecule has 6 nitrogen and oxygen atoms in total. The van der Waals surface area contributed by atoms with Gasteiger partial charge in [-0.15, -0.1) is 0 Å². The highest BCUT2D eigenvalue weighted by atomic mass is 16.5. The number of para-hydroxylation sites is 1. The average molecular weight is 299 g/mol. The normalized spacial score (nSPS) is 10.4. The van der Waals surface area contributed by atoms with Crippen molar-refractivity contribution in [1.29, 1.82) is 0 Å². The number of nitrogens with zero attached hydrogens (tertiary/aromatic N) is 1. The largest absolute Gasteiger partial charge is 0.497 e. The summed E-state index contributed by atoms with van der Waals surface area (Å²) in [6.07, 6.45) is 1.48. The number of urea groups is 1. The second-order valence-electron chi connectivity index (χ2n) is 4.41. The van der Waals surface area contributed by atoms with Gasteiger partial charge in [0.05, 0.1) is 13.3 Å². The molecular weight excluding hydrogens is 282 g/mol. The van der Waals surface area contributed by atoms with E-state index in [0.29, 0.717) is 12.4 Å². The van der Waals surface area contributed by atoms with Crippen LogP contribution in [0.4, 0.5) is 4.79 Å². The van der Waals surface area contributed by atoms with Crippen LogP contribution in [-0.2, 0) is 6.61 Å². The molecule has 2 amide bonds. The maximum atomic E-state index is 10.6. The number of carbonyl (C=O) groups excluding carboxylic acids is 1. The molecule has 2 aromatic carbocycles. The van der Waals surface area contributed by atoms with Gasteiger partial charge in [0.2, 0.25) is 0 Å². The van der Waals surface area contributed by atoms with Crippen LogP contribution >= 0.6 is 0 Å². The van der Waals surface area contributed by atoms with Gasteiger partial charge in [-0.05, 0) is 29.8 Å². The van der Waals surface area contributed by atoms with Crippen LogP contribution in [0.15, 0.2) is 53.6 Å². The van der Waals surface area contributed by atoms with E-state index in [1.807, 2.05) is 48.5 Å². The van der Waals surface area contributed by atoms with Gasteiger partial charge in [-0.1, -0.05) is 24.3 Å². The number of carbonyl (C=O) groups is 1. The van der Waals surface area contributed by atoms with E-state index in [1.54, 1.807) is 7.11 Å². The Morgan fingerprint density at radius 1 is 1.27 bits per heavy atom. The van der Waals surface area contributed by atoms with Gasteiger partial charge in [0.1, 0.15) is 18.1 Å². The van der Waals surface area contributed by atoms with E-state index in [2.05, 4.69) is 10.5 Å². The summed E-state index contributed by atoms with van der Waals surface area (Å²) < 4.78 is 11.0. The van der Waals surface area contributed by atoms with E-state index < -0.39 is 6.03 Å². The Morgan fingerprint density at radius 2 is 2.09 bits per heavy atom. The van der Waals surface area contributed by atoms with Crippen LogP contribution in [0.2, 0.25) is 0 Å². The number of amides is 2. The first-order valence-corrected chi connectivity index (χ1v) is 6.62. The first-order valence-electron chi connectivity index (χ1n) is 6.62. The fourth-order valence-electron chi connectivity index (χ4n) is 1.81. The van der Waals surface area contributed by atoms with Gasteiger partial charge >= 0.3 is 6.03 Å². The number of hydrazone groups is 1. The van der Waals surface area contributed by atoms with Gasteiger partial charge in [0, 0.05) is 5.56 Å². The molecule has 0 radical (unpaired) electrons. The Kier molecular flexibility index (Phi) is 5.37. The second-order valence-corrected chi connectivity index (χ2v) is 4.41. The molecule has 0 heterocycles. The lowest BCUT2D eigenvalue weighted by Gasteiger charge is -2.09. The molecule has 0 saturated heterocycles. The van der Waals surface area contributed by atoms with Crippen molar-refractivity contribution in [2.45, 2.75) is 6.61 Å². The molecule has 0 spiro atoms. The average Bonchev–Trinajstić information content (AvgIpc) is 2.54. The van der Waals surface area contributed by atoms with E-state index in [4.69, 9.17) is 15.2 Å². The summed E-state index contributed by atoms with van der Waals surface area (Å²) in [4.78, 5) is 10.6. The SMILES string of the molecule is COc1cccc(COc2ccccc2C=NNC(N)=O)c1. The van der Waals surface area contributed by atoms with E-state index in [0.717, 1.165) is 16.9 Å². The van der Waals surface area contributed by atoms with Crippen LogP contribution < -0.4 is 20.6 Å². The molecule has 0 unspecified atom stereocenters. The number of hydrogen-bond acceptors (Lipinski definition) is 4. The lowest BCUT2D eigenvalue weighted by atomic mass is 10.2. The van der Waals surface area contributed by atoms with Crippen molar-refractivity contribution in [3.8, 4) is 11.5 Å².